The maximum Gasteiger partial charge on any atom is 0.298 e. The zero-order valence-electron chi connectivity index (χ0n) is 16.1. The van der Waals surface area contributed by atoms with Gasteiger partial charge in [0.25, 0.3) is 10.1 Å². The molecule has 0 bridgehead atoms. The lowest BCUT2D eigenvalue weighted by Crippen LogP contribution is -2.06. The lowest BCUT2D eigenvalue weighted by Gasteiger charge is -2.13. The molecule has 0 fully saturated rings. The van der Waals surface area contributed by atoms with Crippen molar-refractivity contribution in [2.75, 3.05) is 0 Å². The number of aryl methyl sites for hydroxylation is 1. The molecule has 0 aromatic heterocycles. The van der Waals surface area contributed by atoms with E-state index in [-0.39, 0.29) is 10.6 Å². The normalized spacial score (nSPS) is 11.5. The summed E-state index contributed by atoms with van der Waals surface area (Å²) in [6.45, 7) is 2.21. The molecule has 0 heterocycles. The minimum atomic E-state index is -4.37. The fraction of sp³-hybridized carbons (Fsp3) is 0.455. The summed E-state index contributed by atoms with van der Waals surface area (Å²) in [5.74, 6) is 0.701. The van der Waals surface area contributed by atoms with Crippen LogP contribution in [0.5, 0.6) is 11.5 Å². The molecule has 27 heavy (non-hydrogen) atoms. The maximum atomic E-state index is 12.0. The molecule has 0 amide bonds. The molecule has 0 aliphatic carbocycles. The number of para-hydroxylation sites is 1. The van der Waals surface area contributed by atoms with Crippen LogP contribution >= 0.6 is 0 Å². The first-order chi connectivity index (χ1) is 13.0. The first-order valence-electron chi connectivity index (χ1n) is 9.84. The SMILES string of the molecule is CCCCCCCCCCc1cccc(Oc2ccccc2)c1S(=O)(=O)O. The van der Waals surface area contributed by atoms with E-state index in [0.717, 1.165) is 19.3 Å². The Bertz CT molecular complexity index is 785. The summed E-state index contributed by atoms with van der Waals surface area (Å²) < 4.78 is 39.4. The van der Waals surface area contributed by atoms with Crippen molar-refractivity contribution < 1.29 is 17.7 Å². The number of ether oxygens (including phenoxy) is 1. The third-order valence-electron chi connectivity index (χ3n) is 4.59. The van der Waals surface area contributed by atoms with Crippen molar-refractivity contribution in [3.05, 3.63) is 54.1 Å². The van der Waals surface area contributed by atoms with E-state index in [0.29, 0.717) is 17.7 Å². The summed E-state index contributed by atoms with van der Waals surface area (Å²) in [5.41, 5.74) is 0.608. The third kappa shape index (κ3) is 7.35. The lowest BCUT2D eigenvalue weighted by molar-refractivity contribution is 0.447. The molecule has 0 unspecified atom stereocenters. The van der Waals surface area contributed by atoms with Crippen LogP contribution in [0.4, 0.5) is 0 Å². The van der Waals surface area contributed by atoms with Gasteiger partial charge in [0.1, 0.15) is 16.4 Å². The number of hydrogen-bond acceptors (Lipinski definition) is 3. The van der Waals surface area contributed by atoms with Gasteiger partial charge in [-0.1, -0.05) is 82.2 Å². The van der Waals surface area contributed by atoms with E-state index in [4.69, 9.17) is 4.74 Å². The van der Waals surface area contributed by atoms with Crippen LogP contribution in [-0.4, -0.2) is 13.0 Å². The highest BCUT2D eigenvalue weighted by molar-refractivity contribution is 7.86. The molecule has 0 aliphatic heterocycles. The summed E-state index contributed by atoms with van der Waals surface area (Å²) >= 11 is 0. The van der Waals surface area contributed by atoms with Crippen molar-refractivity contribution in [2.24, 2.45) is 0 Å². The molecular weight excluding hydrogens is 360 g/mol. The van der Waals surface area contributed by atoms with Crippen LogP contribution in [0.1, 0.15) is 63.9 Å². The standard InChI is InChI=1S/C22H30O4S/c1-2-3-4-5-6-7-8-10-14-19-15-13-18-21(22(19)27(23,24)25)26-20-16-11-9-12-17-20/h9,11-13,15-18H,2-8,10,14H2,1H3,(H,23,24,25). The molecule has 5 heteroatoms. The quantitative estimate of drug-likeness (QED) is 0.336. The van der Waals surface area contributed by atoms with Gasteiger partial charge in [0.2, 0.25) is 0 Å². The minimum Gasteiger partial charge on any atom is -0.456 e. The monoisotopic (exact) mass is 390 g/mol. The summed E-state index contributed by atoms with van der Waals surface area (Å²) in [5, 5.41) is 0. The van der Waals surface area contributed by atoms with Crippen LogP contribution in [0.25, 0.3) is 0 Å². The average Bonchev–Trinajstić information content (AvgIpc) is 2.64. The fourth-order valence-electron chi connectivity index (χ4n) is 3.20. The molecule has 0 saturated heterocycles. The van der Waals surface area contributed by atoms with Gasteiger partial charge < -0.3 is 4.74 Å². The molecule has 0 saturated carbocycles. The smallest absolute Gasteiger partial charge is 0.298 e. The lowest BCUT2D eigenvalue weighted by atomic mass is 10.0. The Hall–Kier alpha value is -1.85. The van der Waals surface area contributed by atoms with Crippen molar-refractivity contribution in [1.82, 2.24) is 0 Å². The first kappa shape index (κ1) is 21.5. The Morgan fingerprint density at radius 3 is 2.07 bits per heavy atom. The Morgan fingerprint density at radius 2 is 1.44 bits per heavy atom. The molecule has 2 aromatic carbocycles. The molecular formula is C22H30O4S. The molecule has 0 atom stereocenters. The van der Waals surface area contributed by atoms with Gasteiger partial charge in [-0.15, -0.1) is 0 Å². The molecule has 148 valence electrons. The van der Waals surface area contributed by atoms with Gasteiger partial charge in [-0.05, 0) is 36.6 Å². The van der Waals surface area contributed by atoms with E-state index in [1.54, 1.807) is 30.3 Å². The van der Waals surface area contributed by atoms with E-state index < -0.39 is 10.1 Å². The summed E-state index contributed by atoms with van der Waals surface area (Å²) in [7, 11) is -4.37. The highest BCUT2D eigenvalue weighted by Gasteiger charge is 2.21. The molecule has 4 nitrogen and oxygen atoms in total. The van der Waals surface area contributed by atoms with Gasteiger partial charge in [-0.2, -0.15) is 8.42 Å². The van der Waals surface area contributed by atoms with Gasteiger partial charge in [-0.25, -0.2) is 0 Å². The molecule has 2 aromatic rings. The summed E-state index contributed by atoms with van der Waals surface area (Å²) in [6, 6.07) is 14.1. The molecule has 0 aliphatic rings. The van der Waals surface area contributed by atoms with E-state index in [1.807, 2.05) is 18.2 Å². The van der Waals surface area contributed by atoms with E-state index >= 15 is 0 Å². The predicted octanol–water partition coefficient (Wildman–Crippen LogP) is 6.41. The van der Waals surface area contributed by atoms with Crippen molar-refractivity contribution in [2.45, 2.75) is 69.6 Å². The average molecular weight is 391 g/mol. The molecule has 1 N–H and O–H groups in total. The van der Waals surface area contributed by atoms with Crippen LogP contribution < -0.4 is 4.74 Å². The molecule has 0 radical (unpaired) electrons. The van der Waals surface area contributed by atoms with Crippen molar-refractivity contribution in [3.8, 4) is 11.5 Å². The third-order valence-corrected chi connectivity index (χ3v) is 5.57. The van der Waals surface area contributed by atoms with Crippen molar-refractivity contribution in [1.29, 1.82) is 0 Å². The fourth-order valence-corrected chi connectivity index (χ4v) is 4.06. The zero-order valence-corrected chi connectivity index (χ0v) is 16.9. The summed E-state index contributed by atoms with van der Waals surface area (Å²) in [4.78, 5) is -0.114. The Morgan fingerprint density at radius 1 is 0.815 bits per heavy atom. The molecule has 2 rings (SSSR count). The minimum absolute atomic E-state index is 0.114. The van der Waals surface area contributed by atoms with E-state index in [9.17, 15) is 13.0 Å². The van der Waals surface area contributed by atoms with Crippen LogP contribution in [0.2, 0.25) is 0 Å². The largest absolute Gasteiger partial charge is 0.456 e. The number of unbranched alkanes of at least 4 members (excludes halogenated alkanes) is 7. The van der Waals surface area contributed by atoms with E-state index in [2.05, 4.69) is 6.92 Å². The van der Waals surface area contributed by atoms with Crippen LogP contribution in [0.15, 0.2) is 53.4 Å². The second-order valence-corrected chi connectivity index (χ2v) is 8.22. The first-order valence-corrected chi connectivity index (χ1v) is 11.3. The topological polar surface area (TPSA) is 63.6 Å². The number of rotatable bonds is 12. The number of benzene rings is 2. The van der Waals surface area contributed by atoms with Gasteiger partial charge in [0.05, 0.1) is 0 Å². The van der Waals surface area contributed by atoms with Gasteiger partial charge >= 0.3 is 0 Å². The number of hydrogen-bond donors (Lipinski definition) is 1. The summed E-state index contributed by atoms with van der Waals surface area (Å²) in [6.07, 6.45) is 10.0. The van der Waals surface area contributed by atoms with Crippen LogP contribution in [0, 0.1) is 0 Å². The van der Waals surface area contributed by atoms with Gasteiger partial charge in [-0.3, -0.25) is 4.55 Å². The van der Waals surface area contributed by atoms with Crippen molar-refractivity contribution >= 4 is 10.1 Å². The van der Waals surface area contributed by atoms with Gasteiger partial charge in [0.15, 0.2) is 0 Å². The second-order valence-electron chi connectivity index (χ2n) is 6.86. The highest BCUT2D eigenvalue weighted by atomic mass is 32.2. The van der Waals surface area contributed by atoms with Gasteiger partial charge in [0, 0.05) is 0 Å². The van der Waals surface area contributed by atoms with Crippen molar-refractivity contribution in [3.63, 3.8) is 0 Å². The highest BCUT2D eigenvalue weighted by Crippen LogP contribution is 2.32. The van der Waals surface area contributed by atoms with Crippen LogP contribution in [-0.2, 0) is 16.5 Å². The molecule has 0 spiro atoms. The second kappa shape index (κ2) is 11.1. The van der Waals surface area contributed by atoms with E-state index in [1.165, 1.54) is 32.1 Å². The Balaban J connectivity index is 2.00. The Kier molecular flexibility index (Phi) is 8.82. The zero-order chi connectivity index (χ0) is 19.5. The Labute approximate surface area is 163 Å². The maximum absolute atomic E-state index is 12.0. The predicted molar refractivity (Wildman–Crippen MR) is 109 cm³/mol. The van der Waals surface area contributed by atoms with Crippen LogP contribution in [0.3, 0.4) is 0 Å².